The average molecular weight is 213 g/mol. The van der Waals surface area contributed by atoms with Crippen LogP contribution in [-0.2, 0) is 0 Å². The smallest absolute Gasteiger partial charge is 0.126 e. The molecule has 0 amide bonds. The second-order valence-electron chi connectivity index (χ2n) is 4.26. The zero-order valence-electron chi connectivity index (χ0n) is 9.36. The zero-order chi connectivity index (χ0) is 11.0. The molecule has 1 saturated heterocycles. The Bertz CT molecular complexity index is 517. The molecule has 0 radical (unpaired) electrons. The Morgan fingerprint density at radius 1 is 1.06 bits per heavy atom. The molecule has 0 atom stereocenters. The molecular weight excluding hydrogens is 198 g/mol. The number of methoxy groups -OCH3 is 1. The zero-order valence-corrected chi connectivity index (χ0v) is 9.36. The third-order valence-corrected chi connectivity index (χ3v) is 3.36. The average Bonchev–Trinajstić information content (AvgIpc) is 2.27. The largest absolute Gasteiger partial charge is 0.496 e. The topological polar surface area (TPSA) is 21.3 Å². The second kappa shape index (κ2) is 3.80. The van der Waals surface area contributed by atoms with Crippen molar-refractivity contribution in [1.82, 2.24) is 5.32 Å². The summed E-state index contributed by atoms with van der Waals surface area (Å²) < 4.78 is 5.40. The van der Waals surface area contributed by atoms with Gasteiger partial charge in [-0.1, -0.05) is 30.3 Å². The highest BCUT2D eigenvalue weighted by molar-refractivity contribution is 5.91. The van der Waals surface area contributed by atoms with Crippen molar-refractivity contribution in [3.05, 3.63) is 42.0 Å². The summed E-state index contributed by atoms with van der Waals surface area (Å²) in [6.45, 7) is 2.19. The maximum Gasteiger partial charge on any atom is 0.126 e. The summed E-state index contributed by atoms with van der Waals surface area (Å²) in [7, 11) is 1.73. The Kier molecular flexibility index (Phi) is 2.29. The minimum Gasteiger partial charge on any atom is -0.496 e. The lowest BCUT2D eigenvalue weighted by molar-refractivity contribution is 0.418. The molecule has 1 aliphatic rings. The number of benzene rings is 2. The number of rotatable bonds is 2. The highest BCUT2D eigenvalue weighted by atomic mass is 16.5. The van der Waals surface area contributed by atoms with Gasteiger partial charge in [0.25, 0.3) is 0 Å². The van der Waals surface area contributed by atoms with Crippen molar-refractivity contribution >= 4 is 10.8 Å². The molecule has 0 spiro atoms. The van der Waals surface area contributed by atoms with Gasteiger partial charge >= 0.3 is 0 Å². The van der Waals surface area contributed by atoms with Crippen LogP contribution in [0, 0.1) is 0 Å². The van der Waals surface area contributed by atoms with Crippen molar-refractivity contribution in [1.29, 1.82) is 0 Å². The maximum atomic E-state index is 5.40. The van der Waals surface area contributed by atoms with Gasteiger partial charge in [0, 0.05) is 24.4 Å². The molecule has 1 N–H and O–H groups in total. The van der Waals surface area contributed by atoms with Crippen molar-refractivity contribution in [2.45, 2.75) is 5.92 Å². The predicted molar refractivity (Wildman–Crippen MR) is 66.1 cm³/mol. The van der Waals surface area contributed by atoms with Gasteiger partial charge in [0.15, 0.2) is 0 Å². The third kappa shape index (κ3) is 1.38. The molecule has 1 aliphatic heterocycles. The summed E-state index contributed by atoms with van der Waals surface area (Å²) in [5, 5.41) is 5.87. The fourth-order valence-corrected chi connectivity index (χ4v) is 2.34. The van der Waals surface area contributed by atoms with E-state index >= 15 is 0 Å². The maximum absolute atomic E-state index is 5.40. The Balaban J connectivity index is 2.22. The summed E-state index contributed by atoms with van der Waals surface area (Å²) in [5.74, 6) is 1.63. The molecule has 82 valence electrons. The molecule has 0 aliphatic carbocycles. The van der Waals surface area contributed by atoms with Gasteiger partial charge in [-0.2, -0.15) is 0 Å². The lowest BCUT2D eigenvalue weighted by Gasteiger charge is -2.28. The van der Waals surface area contributed by atoms with Crippen LogP contribution in [0.4, 0.5) is 0 Å². The lowest BCUT2D eigenvalue weighted by Crippen LogP contribution is -2.39. The number of fused-ring (bicyclic) bond motifs is 1. The summed E-state index contributed by atoms with van der Waals surface area (Å²) in [5.41, 5.74) is 1.44. The normalized spacial score (nSPS) is 16.1. The van der Waals surface area contributed by atoms with Gasteiger partial charge in [0.1, 0.15) is 5.75 Å². The summed E-state index contributed by atoms with van der Waals surface area (Å²) in [4.78, 5) is 0. The van der Waals surface area contributed by atoms with Crippen molar-refractivity contribution in [2.75, 3.05) is 20.2 Å². The molecular formula is C14H15NO. The third-order valence-electron chi connectivity index (χ3n) is 3.36. The van der Waals surface area contributed by atoms with E-state index in [-0.39, 0.29) is 0 Å². The summed E-state index contributed by atoms with van der Waals surface area (Å²) >= 11 is 0. The van der Waals surface area contributed by atoms with Gasteiger partial charge < -0.3 is 10.1 Å². The van der Waals surface area contributed by atoms with E-state index in [0.29, 0.717) is 5.92 Å². The predicted octanol–water partition coefficient (Wildman–Crippen LogP) is 2.54. The fourth-order valence-electron chi connectivity index (χ4n) is 2.34. The van der Waals surface area contributed by atoms with Gasteiger partial charge in [-0.15, -0.1) is 0 Å². The first-order valence-corrected chi connectivity index (χ1v) is 5.66. The van der Waals surface area contributed by atoms with Crippen molar-refractivity contribution in [3.63, 3.8) is 0 Å². The van der Waals surface area contributed by atoms with E-state index in [2.05, 4.69) is 41.7 Å². The SMILES string of the molecule is COc1ccc(C2CNC2)c2ccccc12. The Hall–Kier alpha value is -1.54. The van der Waals surface area contributed by atoms with Gasteiger partial charge in [-0.3, -0.25) is 0 Å². The van der Waals surface area contributed by atoms with Crippen molar-refractivity contribution in [2.24, 2.45) is 0 Å². The van der Waals surface area contributed by atoms with E-state index in [9.17, 15) is 0 Å². The standard InChI is InChI=1S/C14H15NO/c1-16-14-7-6-11(10-8-15-9-10)12-4-2-3-5-13(12)14/h2-7,10,15H,8-9H2,1H3. The van der Waals surface area contributed by atoms with E-state index in [0.717, 1.165) is 18.8 Å². The van der Waals surface area contributed by atoms with Crippen molar-refractivity contribution in [3.8, 4) is 5.75 Å². The number of hydrogen-bond acceptors (Lipinski definition) is 2. The first-order valence-electron chi connectivity index (χ1n) is 5.66. The molecule has 16 heavy (non-hydrogen) atoms. The molecule has 2 aromatic rings. The summed E-state index contributed by atoms with van der Waals surface area (Å²) in [6.07, 6.45) is 0. The lowest BCUT2D eigenvalue weighted by atomic mass is 9.89. The number of ether oxygens (including phenoxy) is 1. The molecule has 2 nitrogen and oxygen atoms in total. The quantitative estimate of drug-likeness (QED) is 0.827. The van der Waals surface area contributed by atoms with E-state index in [1.807, 2.05) is 0 Å². The highest BCUT2D eigenvalue weighted by Crippen LogP contribution is 2.33. The molecule has 0 saturated carbocycles. The number of nitrogens with one attached hydrogen (secondary N) is 1. The Morgan fingerprint density at radius 3 is 2.44 bits per heavy atom. The van der Waals surface area contributed by atoms with Gasteiger partial charge in [0.2, 0.25) is 0 Å². The first kappa shape index (κ1) is 9.67. The molecule has 2 aromatic carbocycles. The Labute approximate surface area is 95.2 Å². The van der Waals surface area contributed by atoms with Crippen molar-refractivity contribution < 1.29 is 4.74 Å². The van der Waals surface area contributed by atoms with Crippen LogP contribution in [0.2, 0.25) is 0 Å². The highest BCUT2D eigenvalue weighted by Gasteiger charge is 2.21. The van der Waals surface area contributed by atoms with Crippen LogP contribution < -0.4 is 10.1 Å². The van der Waals surface area contributed by atoms with Crippen LogP contribution in [0.5, 0.6) is 5.75 Å². The van der Waals surface area contributed by atoms with Gasteiger partial charge in [0.05, 0.1) is 7.11 Å². The van der Waals surface area contributed by atoms with Crippen LogP contribution in [0.25, 0.3) is 10.8 Å². The minimum atomic E-state index is 0.663. The summed E-state index contributed by atoms with van der Waals surface area (Å²) in [6, 6.07) is 12.8. The van der Waals surface area contributed by atoms with E-state index < -0.39 is 0 Å². The van der Waals surface area contributed by atoms with E-state index in [1.54, 1.807) is 7.11 Å². The molecule has 0 aromatic heterocycles. The molecule has 0 bridgehead atoms. The molecule has 1 heterocycles. The van der Waals surface area contributed by atoms with Crippen LogP contribution in [0.15, 0.2) is 36.4 Å². The molecule has 3 rings (SSSR count). The fraction of sp³-hybridized carbons (Fsp3) is 0.286. The first-order chi connectivity index (χ1) is 7.90. The van der Waals surface area contributed by atoms with Crippen LogP contribution in [-0.4, -0.2) is 20.2 Å². The molecule has 2 heteroatoms. The van der Waals surface area contributed by atoms with Crippen LogP contribution >= 0.6 is 0 Å². The van der Waals surface area contributed by atoms with Crippen LogP contribution in [0.1, 0.15) is 11.5 Å². The second-order valence-corrected chi connectivity index (χ2v) is 4.26. The molecule has 1 fully saturated rings. The van der Waals surface area contributed by atoms with Crippen LogP contribution in [0.3, 0.4) is 0 Å². The number of hydrogen-bond donors (Lipinski definition) is 1. The van der Waals surface area contributed by atoms with E-state index in [1.165, 1.54) is 16.3 Å². The van der Waals surface area contributed by atoms with E-state index in [4.69, 9.17) is 4.74 Å². The minimum absolute atomic E-state index is 0.663. The van der Waals surface area contributed by atoms with Gasteiger partial charge in [-0.25, -0.2) is 0 Å². The molecule has 0 unspecified atom stereocenters. The Morgan fingerprint density at radius 2 is 1.81 bits per heavy atom. The van der Waals surface area contributed by atoms with Gasteiger partial charge in [-0.05, 0) is 17.0 Å². The monoisotopic (exact) mass is 213 g/mol.